The van der Waals surface area contributed by atoms with Gasteiger partial charge in [0.2, 0.25) is 0 Å². The Morgan fingerprint density at radius 1 is 1.29 bits per heavy atom. The van der Waals surface area contributed by atoms with Crippen LogP contribution in [0.25, 0.3) is 10.9 Å². The molecule has 3 aromatic rings. The van der Waals surface area contributed by atoms with E-state index in [1.165, 1.54) is 6.20 Å². The van der Waals surface area contributed by atoms with Crippen molar-refractivity contribution in [2.45, 2.75) is 19.9 Å². The first-order chi connectivity index (χ1) is 11.6. The summed E-state index contributed by atoms with van der Waals surface area (Å²) in [5, 5.41) is 5.30. The molecule has 0 atom stereocenters. The number of hydrazone groups is 1. The van der Waals surface area contributed by atoms with E-state index in [2.05, 4.69) is 40.0 Å². The maximum Gasteiger partial charge on any atom is 0.274 e. The first-order valence-corrected chi connectivity index (χ1v) is 7.99. The van der Waals surface area contributed by atoms with E-state index in [0.29, 0.717) is 11.6 Å². The number of pyridine rings is 1. The van der Waals surface area contributed by atoms with E-state index in [0.717, 1.165) is 16.5 Å². The van der Waals surface area contributed by atoms with Gasteiger partial charge in [0, 0.05) is 34.9 Å². The largest absolute Gasteiger partial charge is 0.344 e. The summed E-state index contributed by atoms with van der Waals surface area (Å²) in [4.78, 5) is 16.0. The number of rotatable bonds is 4. The Kier molecular flexibility index (Phi) is 4.62. The molecule has 0 spiro atoms. The Labute approximate surface area is 145 Å². The van der Waals surface area contributed by atoms with Crippen molar-refractivity contribution < 1.29 is 4.79 Å². The highest BCUT2D eigenvalue weighted by atomic mass is 35.5. The van der Waals surface area contributed by atoms with Gasteiger partial charge in [-0.1, -0.05) is 29.8 Å². The molecule has 1 N–H and O–H groups in total. The van der Waals surface area contributed by atoms with Gasteiger partial charge >= 0.3 is 0 Å². The number of nitrogens with one attached hydrogen (secondary N) is 1. The molecule has 0 saturated heterocycles. The molecule has 0 radical (unpaired) electrons. The van der Waals surface area contributed by atoms with E-state index in [1.807, 2.05) is 24.4 Å². The highest BCUT2D eigenvalue weighted by Gasteiger charge is 2.10. The fraction of sp³-hybridized carbons (Fsp3) is 0.167. The molecule has 122 valence electrons. The molecule has 0 unspecified atom stereocenters. The molecule has 0 aliphatic carbocycles. The van der Waals surface area contributed by atoms with Crippen LogP contribution in [0.3, 0.4) is 0 Å². The van der Waals surface area contributed by atoms with Gasteiger partial charge in [0.15, 0.2) is 0 Å². The summed E-state index contributed by atoms with van der Waals surface area (Å²) < 4.78 is 2.18. The topological polar surface area (TPSA) is 59.3 Å². The number of aromatic nitrogens is 2. The third-order valence-corrected chi connectivity index (χ3v) is 4.00. The standard InChI is InChI=1S/C18H17ClN4O/c1-12(2)23-11-13(14-6-3-4-8-16(14)23)10-21-22-18(24)15-7-5-9-20-17(15)19/h3-12H,1-2H3,(H,22,24). The molecule has 1 aromatic carbocycles. The zero-order chi connectivity index (χ0) is 17.1. The smallest absolute Gasteiger partial charge is 0.274 e. The van der Waals surface area contributed by atoms with Crippen molar-refractivity contribution >= 4 is 34.6 Å². The Morgan fingerprint density at radius 2 is 2.08 bits per heavy atom. The molecule has 0 aliphatic heterocycles. The Bertz CT molecular complexity index is 914. The number of carbonyl (C=O) groups excluding carboxylic acids is 1. The summed E-state index contributed by atoms with van der Waals surface area (Å²) in [7, 11) is 0. The van der Waals surface area contributed by atoms with Crippen molar-refractivity contribution in [2.24, 2.45) is 5.10 Å². The number of amides is 1. The average Bonchev–Trinajstić information content (AvgIpc) is 2.94. The summed E-state index contributed by atoms with van der Waals surface area (Å²) in [6, 6.07) is 11.7. The van der Waals surface area contributed by atoms with Crippen molar-refractivity contribution in [2.75, 3.05) is 0 Å². The van der Waals surface area contributed by atoms with Crippen LogP contribution >= 0.6 is 11.6 Å². The monoisotopic (exact) mass is 340 g/mol. The van der Waals surface area contributed by atoms with E-state index >= 15 is 0 Å². The second-order valence-corrected chi connectivity index (χ2v) is 6.00. The van der Waals surface area contributed by atoms with Gasteiger partial charge in [-0.3, -0.25) is 4.79 Å². The highest BCUT2D eigenvalue weighted by Crippen LogP contribution is 2.23. The highest BCUT2D eigenvalue weighted by molar-refractivity contribution is 6.32. The van der Waals surface area contributed by atoms with Crippen LogP contribution in [-0.4, -0.2) is 21.7 Å². The molecule has 0 saturated carbocycles. The zero-order valence-electron chi connectivity index (χ0n) is 13.4. The Balaban J connectivity index is 1.84. The van der Waals surface area contributed by atoms with Crippen molar-refractivity contribution in [1.29, 1.82) is 0 Å². The van der Waals surface area contributed by atoms with Gasteiger partial charge in [-0.15, -0.1) is 0 Å². The fourth-order valence-corrected chi connectivity index (χ4v) is 2.74. The lowest BCUT2D eigenvalue weighted by atomic mass is 10.2. The van der Waals surface area contributed by atoms with Crippen LogP contribution in [0.15, 0.2) is 53.9 Å². The molecule has 1 amide bonds. The lowest BCUT2D eigenvalue weighted by Crippen LogP contribution is -2.18. The number of halogens is 1. The van der Waals surface area contributed by atoms with Gasteiger partial charge in [0.05, 0.1) is 11.8 Å². The van der Waals surface area contributed by atoms with Crippen molar-refractivity contribution in [1.82, 2.24) is 15.0 Å². The van der Waals surface area contributed by atoms with Gasteiger partial charge in [0.1, 0.15) is 5.15 Å². The fourth-order valence-electron chi connectivity index (χ4n) is 2.54. The van der Waals surface area contributed by atoms with Gasteiger partial charge in [0.25, 0.3) is 5.91 Å². The van der Waals surface area contributed by atoms with Crippen LogP contribution in [0.5, 0.6) is 0 Å². The number of benzene rings is 1. The van der Waals surface area contributed by atoms with Crippen molar-refractivity contribution in [3.8, 4) is 0 Å². The van der Waals surface area contributed by atoms with E-state index in [4.69, 9.17) is 11.6 Å². The van der Waals surface area contributed by atoms with E-state index in [-0.39, 0.29) is 5.15 Å². The number of nitrogens with zero attached hydrogens (tertiary/aromatic N) is 3. The maximum atomic E-state index is 12.1. The van der Waals surface area contributed by atoms with Crippen LogP contribution in [0, 0.1) is 0 Å². The second kappa shape index (κ2) is 6.84. The summed E-state index contributed by atoms with van der Waals surface area (Å²) >= 11 is 5.90. The summed E-state index contributed by atoms with van der Waals surface area (Å²) in [5.41, 5.74) is 4.86. The van der Waals surface area contributed by atoms with E-state index in [9.17, 15) is 4.79 Å². The molecule has 6 heteroatoms. The lowest BCUT2D eigenvalue weighted by Gasteiger charge is -2.08. The SMILES string of the molecule is CC(C)n1cc(C=NNC(=O)c2cccnc2Cl)c2ccccc21. The van der Waals surface area contributed by atoms with Gasteiger partial charge in [-0.2, -0.15) is 5.10 Å². The van der Waals surface area contributed by atoms with Gasteiger partial charge < -0.3 is 4.57 Å². The molecule has 0 bridgehead atoms. The number of hydrogen-bond donors (Lipinski definition) is 1. The van der Waals surface area contributed by atoms with Crippen LogP contribution in [0.4, 0.5) is 0 Å². The Hall–Kier alpha value is -2.66. The molecule has 5 nitrogen and oxygen atoms in total. The third-order valence-electron chi connectivity index (χ3n) is 3.70. The van der Waals surface area contributed by atoms with E-state index < -0.39 is 5.91 Å². The van der Waals surface area contributed by atoms with Gasteiger partial charge in [-0.05, 0) is 32.0 Å². The molecule has 3 rings (SSSR count). The molecule has 2 heterocycles. The quantitative estimate of drug-likeness (QED) is 0.443. The molecule has 24 heavy (non-hydrogen) atoms. The molecule has 0 aliphatic rings. The third kappa shape index (κ3) is 3.16. The predicted molar refractivity (Wildman–Crippen MR) is 96.6 cm³/mol. The van der Waals surface area contributed by atoms with E-state index in [1.54, 1.807) is 18.3 Å². The second-order valence-electron chi connectivity index (χ2n) is 5.64. The van der Waals surface area contributed by atoms with Crippen LogP contribution < -0.4 is 5.43 Å². The number of carbonyl (C=O) groups is 1. The van der Waals surface area contributed by atoms with Crippen LogP contribution in [-0.2, 0) is 0 Å². The molecular weight excluding hydrogens is 324 g/mol. The number of para-hydroxylation sites is 1. The summed E-state index contributed by atoms with van der Waals surface area (Å²) in [6.07, 6.45) is 5.20. The first kappa shape index (κ1) is 16.2. The first-order valence-electron chi connectivity index (χ1n) is 7.61. The Morgan fingerprint density at radius 3 is 2.83 bits per heavy atom. The molecular formula is C18H17ClN4O. The minimum absolute atomic E-state index is 0.154. The van der Waals surface area contributed by atoms with Gasteiger partial charge in [-0.25, -0.2) is 10.4 Å². The maximum absolute atomic E-state index is 12.1. The van der Waals surface area contributed by atoms with Crippen molar-refractivity contribution in [3.05, 3.63) is 65.1 Å². The summed E-state index contributed by atoms with van der Waals surface area (Å²) in [6.45, 7) is 4.25. The minimum atomic E-state index is -0.392. The average molecular weight is 341 g/mol. The number of fused-ring (bicyclic) bond motifs is 1. The summed E-state index contributed by atoms with van der Waals surface area (Å²) in [5.74, 6) is -0.392. The normalized spacial score (nSPS) is 11.5. The number of hydrogen-bond acceptors (Lipinski definition) is 3. The lowest BCUT2D eigenvalue weighted by molar-refractivity contribution is 0.0955. The van der Waals surface area contributed by atoms with Crippen molar-refractivity contribution in [3.63, 3.8) is 0 Å². The van der Waals surface area contributed by atoms with Crippen LogP contribution in [0.1, 0.15) is 35.8 Å². The minimum Gasteiger partial charge on any atom is -0.344 e. The molecule has 2 aromatic heterocycles. The zero-order valence-corrected chi connectivity index (χ0v) is 14.2. The van der Waals surface area contributed by atoms with Crippen LogP contribution in [0.2, 0.25) is 5.15 Å². The molecule has 0 fully saturated rings. The predicted octanol–water partition coefficient (Wildman–Crippen LogP) is 4.03.